The van der Waals surface area contributed by atoms with Crippen molar-refractivity contribution >= 4 is 29.4 Å². The molecule has 0 saturated carbocycles. The third-order valence-electron chi connectivity index (χ3n) is 6.32. The molecule has 3 N–H and O–H groups in total. The highest BCUT2D eigenvalue weighted by atomic mass is 15.1. The average Bonchev–Trinajstić information content (AvgIpc) is 2.85. The van der Waals surface area contributed by atoms with Crippen molar-refractivity contribution in [2.45, 2.75) is 65.3 Å². The van der Waals surface area contributed by atoms with Crippen molar-refractivity contribution in [3.63, 3.8) is 0 Å². The molecule has 0 bridgehead atoms. The Kier molecular flexibility index (Phi) is 9.83. The minimum Gasteiger partial charge on any atom is -0.366 e. The maximum atomic E-state index is 4.77. The zero-order valence-corrected chi connectivity index (χ0v) is 21.0. The summed E-state index contributed by atoms with van der Waals surface area (Å²) in [5, 5.41) is 12.5. The molecule has 3 heterocycles. The molecule has 2 aromatic heterocycles. The molecule has 182 valence electrons. The number of pyridine rings is 1. The zero-order chi connectivity index (χ0) is 24.3. The molecule has 1 aliphatic heterocycles. The number of piperidine rings is 1. The summed E-state index contributed by atoms with van der Waals surface area (Å²) >= 11 is 0. The molecule has 0 spiro atoms. The number of aromatic nitrogens is 3. The Morgan fingerprint density at radius 1 is 1.09 bits per heavy atom. The SMILES string of the molecule is C=C(/C=c1/cc(NC(=C)C(CCC)CCC)nc/c1=C/C)c1cncc(NC2CCNCC2)n1. The number of nitrogens with one attached hydrogen (secondary N) is 3. The minimum atomic E-state index is 0.426. The summed E-state index contributed by atoms with van der Waals surface area (Å²) < 4.78 is 0. The van der Waals surface area contributed by atoms with Crippen LogP contribution < -0.4 is 26.4 Å². The maximum absolute atomic E-state index is 4.77. The van der Waals surface area contributed by atoms with Crippen LogP contribution in [0.15, 0.2) is 43.5 Å². The highest BCUT2D eigenvalue weighted by Crippen LogP contribution is 2.22. The molecule has 0 atom stereocenters. The minimum absolute atomic E-state index is 0.426. The first-order valence-corrected chi connectivity index (χ1v) is 12.6. The first-order chi connectivity index (χ1) is 16.5. The Bertz CT molecular complexity index is 1080. The molecule has 0 radical (unpaired) electrons. The molecular weight excluding hydrogens is 420 g/mol. The second-order valence-electron chi connectivity index (χ2n) is 9.04. The van der Waals surface area contributed by atoms with Gasteiger partial charge in [0.05, 0.1) is 18.1 Å². The van der Waals surface area contributed by atoms with Crippen LogP contribution in [0.25, 0.3) is 17.7 Å². The average molecular weight is 461 g/mol. The summed E-state index contributed by atoms with van der Waals surface area (Å²) in [6.07, 6.45) is 16.3. The topological polar surface area (TPSA) is 74.8 Å². The van der Waals surface area contributed by atoms with E-state index in [1.54, 1.807) is 12.4 Å². The Morgan fingerprint density at radius 3 is 2.50 bits per heavy atom. The van der Waals surface area contributed by atoms with Gasteiger partial charge in [-0.2, -0.15) is 0 Å². The quantitative estimate of drug-likeness (QED) is 0.459. The summed E-state index contributed by atoms with van der Waals surface area (Å²) in [5.41, 5.74) is 2.62. The fraction of sp³-hybridized carbons (Fsp3) is 0.464. The second kappa shape index (κ2) is 13.0. The van der Waals surface area contributed by atoms with Crippen LogP contribution in [0.5, 0.6) is 0 Å². The van der Waals surface area contributed by atoms with Crippen LogP contribution in [0, 0.1) is 5.92 Å². The lowest BCUT2D eigenvalue weighted by Gasteiger charge is -2.24. The van der Waals surface area contributed by atoms with Crippen molar-refractivity contribution < 1.29 is 0 Å². The van der Waals surface area contributed by atoms with E-state index in [2.05, 4.69) is 71.1 Å². The second-order valence-corrected chi connectivity index (χ2v) is 9.04. The van der Waals surface area contributed by atoms with Gasteiger partial charge < -0.3 is 16.0 Å². The van der Waals surface area contributed by atoms with E-state index in [4.69, 9.17) is 4.98 Å². The monoisotopic (exact) mass is 460 g/mol. The molecule has 6 heteroatoms. The molecule has 1 saturated heterocycles. The summed E-state index contributed by atoms with van der Waals surface area (Å²) in [7, 11) is 0. The molecule has 2 aromatic rings. The normalized spacial score (nSPS) is 15.5. The van der Waals surface area contributed by atoms with E-state index >= 15 is 0 Å². The van der Waals surface area contributed by atoms with Crippen molar-refractivity contribution in [1.29, 1.82) is 0 Å². The molecule has 34 heavy (non-hydrogen) atoms. The fourth-order valence-electron chi connectivity index (χ4n) is 4.40. The largest absolute Gasteiger partial charge is 0.366 e. The third kappa shape index (κ3) is 7.26. The number of allylic oxidation sites excluding steroid dienone is 2. The molecule has 1 fully saturated rings. The standard InChI is InChI=1S/C28H40N6/c1-6-9-23(10-7-2)21(5)32-27-16-24(22(8-3)17-31-27)15-20(4)26-18-30-19-28(34-26)33-25-11-13-29-14-12-25/h8,15-19,23,25,29,32H,4-7,9-14H2,1-3H3,(H,33,34)/b22-8-,24-15-. The van der Waals surface area contributed by atoms with Crippen molar-refractivity contribution in [2.24, 2.45) is 5.92 Å². The Hall–Kier alpha value is -2.99. The van der Waals surface area contributed by atoms with Crippen LogP contribution in [0.3, 0.4) is 0 Å². The van der Waals surface area contributed by atoms with Crippen LogP contribution in [-0.2, 0) is 0 Å². The van der Waals surface area contributed by atoms with E-state index in [-0.39, 0.29) is 0 Å². The van der Waals surface area contributed by atoms with E-state index in [0.717, 1.165) is 90.7 Å². The highest BCUT2D eigenvalue weighted by molar-refractivity contribution is 5.85. The first-order valence-electron chi connectivity index (χ1n) is 12.6. The van der Waals surface area contributed by atoms with Gasteiger partial charge in [-0.25, -0.2) is 9.97 Å². The highest BCUT2D eigenvalue weighted by Gasteiger charge is 2.14. The van der Waals surface area contributed by atoms with Crippen molar-refractivity contribution in [3.8, 4) is 0 Å². The van der Waals surface area contributed by atoms with E-state index < -0.39 is 0 Å². The van der Waals surface area contributed by atoms with Crippen LogP contribution in [-0.4, -0.2) is 34.1 Å². The molecule has 0 aliphatic carbocycles. The van der Waals surface area contributed by atoms with Crippen LogP contribution in [0.4, 0.5) is 11.6 Å². The third-order valence-corrected chi connectivity index (χ3v) is 6.32. The van der Waals surface area contributed by atoms with Crippen molar-refractivity contribution in [3.05, 3.63) is 59.6 Å². The smallest absolute Gasteiger partial charge is 0.145 e. The van der Waals surface area contributed by atoms with Crippen LogP contribution >= 0.6 is 0 Å². The van der Waals surface area contributed by atoms with Gasteiger partial charge in [0.15, 0.2) is 0 Å². The van der Waals surface area contributed by atoms with Gasteiger partial charge >= 0.3 is 0 Å². The Morgan fingerprint density at radius 2 is 1.82 bits per heavy atom. The summed E-state index contributed by atoms with van der Waals surface area (Å²) in [6.45, 7) is 17.1. The lowest BCUT2D eigenvalue weighted by molar-refractivity contribution is 0.478. The number of rotatable bonds is 11. The van der Waals surface area contributed by atoms with Gasteiger partial charge in [0.1, 0.15) is 11.6 Å². The van der Waals surface area contributed by atoms with Gasteiger partial charge in [0.2, 0.25) is 0 Å². The van der Waals surface area contributed by atoms with Gasteiger partial charge in [-0.3, -0.25) is 4.98 Å². The predicted octanol–water partition coefficient (Wildman–Crippen LogP) is 4.47. The summed E-state index contributed by atoms with van der Waals surface area (Å²) in [5.74, 6) is 2.06. The molecule has 0 amide bonds. The van der Waals surface area contributed by atoms with Gasteiger partial charge in [0.25, 0.3) is 0 Å². The molecule has 3 rings (SSSR count). The van der Waals surface area contributed by atoms with Crippen molar-refractivity contribution in [2.75, 3.05) is 23.7 Å². The van der Waals surface area contributed by atoms with Gasteiger partial charge in [-0.1, -0.05) is 45.9 Å². The lowest BCUT2D eigenvalue weighted by Crippen LogP contribution is -2.35. The molecule has 1 aliphatic rings. The van der Waals surface area contributed by atoms with Crippen LogP contribution in [0.1, 0.15) is 65.0 Å². The van der Waals surface area contributed by atoms with Crippen LogP contribution in [0.2, 0.25) is 0 Å². The summed E-state index contributed by atoms with van der Waals surface area (Å²) in [4.78, 5) is 13.8. The van der Waals surface area contributed by atoms with Crippen molar-refractivity contribution in [1.82, 2.24) is 20.3 Å². The molecular formula is C28H40N6. The Balaban J connectivity index is 1.81. The Labute approximate surface area is 204 Å². The number of hydrogen-bond acceptors (Lipinski definition) is 6. The fourth-order valence-corrected chi connectivity index (χ4v) is 4.40. The molecule has 0 aromatic carbocycles. The zero-order valence-electron chi connectivity index (χ0n) is 21.0. The number of nitrogens with zero attached hydrogens (tertiary/aromatic N) is 3. The van der Waals surface area contributed by atoms with Gasteiger partial charge in [-0.15, -0.1) is 0 Å². The number of hydrogen-bond donors (Lipinski definition) is 3. The van der Waals surface area contributed by atoms with E-state index in [1.807, 2.05) is 13.1 Å². The van der Waals surface area contributed by atoms with E-state index in [0.29, 0.717) is 12.0 Å². The lowest BCUT2D eigenvalue weighted by atomic mass is 9.95. The number of anilines is 2. The maximum Gasteiger partial charge on any atom is 0.145 e. The molecule has 0 unspecified atom stereocenters. The van der Waals surface area contributed by atoms with E-state index in [1.165, 1.54) is 0 Å². The first kappa shape index (κ1) is 25.6. The van der Waals surface area contributed by atoms with Gasteiger partial charge in [0, 0.05) is 17.9 Å². The van der Waals surface area contributed by atoms with Gasteiger partial charge in [-0.05, 0) is 79.8 Å². The molecule has 6 nitrogen and oxygen atoms in total. The predicted molar refractivity (Wildman–Crippen MR) is 145 cm³/mol. The summed E-state index contributed by atoms with van der Waals surface area (Å²) in [6, 6.07) is 2.49. The van der Waals surface area contributed by atoms with E-state index in [9.17, 15) is 0 Å².